The summed E-state index contributed by atoms with van der Waals surface area (Å²) in [5, 5.41) is 3.06. The molecule has 2 rings (SSSR count). The summed E-state index contributed by atoms with van der Waals surface area (Å²) in [6.45, 7) is 4.42. The van der Waals surface area contributed by atoms with Crippen LogP contribution in [0.25, 0.3) is 0 Å². The minimum Gasteiger partial charge on any atom is -0.491 e. The first kappa shape index (κ1) is 17.6. The molecule has 0 fully saturated rings. The van der Waals surface area contributed by atoms with Crippen molar-refractivity contribution in [3.8, 4) is 5.75 Å². The fourth-order valence-electron chi connectivity index (χ4n) is 2.05. The highest BCUT2D eigenvalue weighted by molar-refractivity contribution is 5.92. The SMILES string of the molecule is CC(C)Oc1ccc(NC(N)=NCc2cccc(N(C)C)n2)cc1. The number of nitrogens with two attached hydrogens (primary N) is 1. The lowest BCUT2D eigenvalue weighted by atomic mass is 10.3. The van der Waals surface area contributed by atoms with Crippen molar-refractivity contribution in [2.75, 3.05) is 24.3 Å². The van der Waals surface area contributed by atoms with E-state index in [0.29, 0.717) is 12.5 Å². The predicted octanol–water partition coefficient (Wildman–Crippen LogP) is 2.86. The highest BCUT2D eigenvalue weighted by Crippen LogP contribution is 2.16. The smallest absolute Gasteiger partial charge is 0.193 e. The summed E-state index contributed by atoms with van der Waals surface area (Å²) in [6.07, 6.45) is 0.154. The molecule has 1 aromatic heterocycles. The molecule has 0 radical (unpaired) electrons. The number of benzene rings is 1. The number of hydrogen-bond acceptors (Lipinski definition) is 4. The van der Waals surface area contributed by atoms with Gasteiger partial charge in [0.15, 0.2) is 5.96 Å². The van der Waals surface area contributed by atoms with Crippen LogP contribution in [0.2, 0.25) is 0 Å². The van der Waals surface area contributed by atoms with Crippen LogP contribution in [0.15, 0.2) is 47.5 Å². The van der Waals surface area contributed by atoms with Gasteiger partial charge in [0, 0.05) is 19.8 Å². The number of pyridine rings is 1. The first-order chi connectivity index (χ1) is 11.4. The van der Waals surface area contributed by atoms with Crippen molar-refractivity contribution in [2.45, 2.75) is 26.5 Å². The zero-order valence-electron chi connectivity index (χ0n) is 14.7. The van der Waals surface area contributed by atoms with Crippen LogP contribution in [0.1, 0.15) is 19.5 Å². The highest BCUT2D eigenvalue weighted by Gasteiger charge is 2.01. The summed E-state index contributed by atoms with van der Waals surface area (Å²) in [5.41, 5.74) is 7.67. The molecule has 3 N–H and O–H groups in total. The second-order valence-electron chi connectivity index (χ2n) is 5.90. The van der Waals surface area contributed by atoms with E-state index in [2.05, 4.69) is 15.3 Å². The molecule has 0 amide bonds. The Kier molecular flexibility index (Phi) is 6.01. The third kappa shape index (κ3) is 5.46. The average molecular weight is 327 g/mol. The molecule has 0 aliphatic rings. The zero-order chi connectivity index (χ0) is 17.5. The molecule has 1 heterocycles. The molecular weight excluding hydrogens is 302 g/mol. The van der Waals surface area contributed by atoms with Crippen LogP contribution in [0, 0.1) is 0 Å². The van der Waals surface area contributed by atoms with Crippen molar-refractivity contribution >= 4 is 17.5 Å². The number of guanidine groups is 1. The second kappa shape index (κ2) is 8.19. The lowest BCUT2D eigenvalue weighted by Crippen LogP contribution is -2.22. The third-order valence-corrected chi connectivity index (χ3v) is 3.16. The number of aromatic nitrogens is 1. The fourth-order valence-corrected chi connectivity index (χ4v) is 2.05. The normalized spacial score (nSPS) is 11.5. The molecule has 2 aromatic rings. The van der Waals surface area contributed by atoms with Gasteiger partial charge in [-0.25, -0.2) is 9.98 Å². The summed E-state index contributed by atoms with van der Waals surface area (Å²) in [6, 6.07) is 13.5. The Morgan fingerprint density at radius 1 is 1.21 bits per heavy atom. The van der Waals surface area contributed by atoms with Crippen LogP contribution in [0.5, 0.6) is 5.75 Å². The number of anilines is 2. The van der Waals surface area contributed by atoms with E-state index in [1.54, 1.807) is 0 Å². The number of aliphatic imine (C=N–C) groups is 1. The lowest BCUT2D eigenvalue weighted by molar-refractivity contribution is 0.242. The van der Waals surface area contributed by atoms with Crippen LogP contribution in [-0.2, 0) is 6.54 Å². The van der Waals surface area contributed by atoms with E-state index < -0.39 is 0 Å². The summed E-state index contributed by atoms with van der Waals surface area (Å²) in [5.74, 6) is 2.08. The molecule has 0 saturated carbocycles. The number of hydrogen-bond donors (Lipinski definition) is 2. The van der Waals surface area contributed by atoms with E-state index in [0.717, 1.165) is 22.9 Å². The Labute approximate surface area is 143 Å². The molecule has 0 spiro atoms. The van der Waals surface area contributed by atoms with Crippen LogP contribution in [-0.4, -0.2) is 31.1 Å². The van der Waals surface area contributed by atoms with Crippen LogP contribution < -0.4 is 20.7 Å². The fraction of sp³-hybridized carbons (Fsp3) is 0.333. The second-order valence-corrected chi connectivity index (χ2v) is 5.90. The minimum absolute atomic E-state index is 0.154. The lowest BCUT2D eigenvalue weighted by Gasteiger charge is -2.12. The van der Waals surface area contributed by atoms with E-state index in [9.17, 15) is 0 Å². The minimum atomic E-state index is 0.154. The van der Waals surface area contributed by atoms with Gasteiger partial charge in [-0.05, 0) is 50.2 Å². The Bertz CT molecular complexity index is 680. The maximum atomic E-state index is 5.94. The van der Waals surface area contributed by atoms with E-state index >= 15 is 0 Å². The van der Waals surface area contributed by atoms with E-state index in [1.165, 1.54) is 0 Å². The topological polar surface area (TPSA) is 75.8 Å². The summed E-state index contributed by atoms with van der Waals surface area (Å²) >= 11 is 0. The molecule has 24 heavy (non-hydrogen) atoms. The molecule has 6 heteroatoms. The molecule has 0 bridgehead atoms. The van der Waals surface area contributed by atoms with E-state index in [1.807, 2.05) is 75.3 Å². The number of ether oxygens (including phenoxy) is 1. The number of nitrogens with one attached hydrogen (secondary N) is 1. The van der Waals surface area contributed by atoms with Crippen molar-refractivity contribution in [1.29, 1.82) is 0 Å². The Balaban J connectivity index is 1.95. The molecule has 1 aromatic carbocycles. The first-order valence-corrected chi connectivity index (χ1v) is 7.91. The zero-order valence-corrected chi connectivity index (χ0v) is 14.7. The van der Waals surface area contributed by atoms with Crippen molar-refractivity contribution in [3.63, 3.8) is 0 Å². The summed E-state index contributed by atoms with van der Waals surface area (Å²) in [7, 11) is 3.91. The predicted molar refractivity (Wildman–Crippen MR) is 99.7 cm³/mol. The standard InChI is InChI=1S/C18H25N5O/c1-13(2)24-16-10-8-14(9-11-16)22-18(19)20-12-15-6-5-7-17(21-15)23(3)4/h5-11,13H,12H2,1-4H3,(H3,19,20,22). The molecular formula is C18H25N5O. The van der Waals surface area contributed by atoms with E-state index in [-0.39, 0.29) is 6.10 Å². The summed E-state index contributed by atoms with van der Waals surface area (Å²) < 4.78 is 5.61. The Hall–Kier alpha value is -2.76. The van der Waals surface area contributed by atoms with Crippen molar-refractivity contribution < 1.29 is 4.74 Å². The van der Waals surface area contributed by atoms with Crippen LogP contribution in [0.3, 0.4) is 0 Å². The van der Waals surface area contributed by atoms with Gasteiger partial charge in [-0.1, -0.05) is 6.07 Å². The third-order valence-electron chi connectivity index (χ3n) is 3.16. The molecule has 6 nitrogen and oxygen atoms in total. The van der Waals surface area contributed by atoms with Gasteiger partial charge in [0.2, 0.25) is 0 Å². The van der Waals surface area contributed by atoms with Gasteiger partial charge in [0.1, 0.15) is 11.6 Å². The van der Waals surface area contributed by atoms with Crippen molar-refractivity contribution in [1.82, 2.24) is 4.98 Å². The van der Waals surface area contributed by atoms with Gasteiger partial charge < -0.3 is 20.7 Å². The van der Waals surface area contributed by atoms with Crippen LogP contribution in [0.4, 0.5) is 11.5 Å². The number of rotatable bonds is 6. The van der Waals surface area contributed by atoms with Crippen LogP contribution >= 0.6 is 0 Å². The van der Waals surface area contributed by atoms with Gasteiger partial charge >= 0.3 is 0 Å². The molecule has 128 valence electrons. The van der Waals surface area contributed by atoms with Gasteiger partial charge in [-0.15, -0.1) is 0 Å². The Morgan fingerprint density at radius 3 is 2.54 bits per heavy atom. The van der Waals surface area contributed by atoms with Gasteiger partial charge in [0.05, 0.1) is 18.3 Å². The van der Waals surface area contributed by atoms with Gasteiger partial charge in [-0.3, -0.25) is 0 Å². The Morgan fingerprint density at radius 2 is 1.92 bits per heavy atom. The largest absolute Gasteiger partial charge is 0.491 e. The molecule has 0 atom stereocenters. The quantitative estimate of drug-likeness (QED) is 0.630. The highest BCUT2D eigenvalue weighted by atomic mass is 16.5. The number of nitrogens with zero attached hydrogens (tertiary/aromatic N) is 3. The molecule has 0 aliphatic heterocycles. The maximum Gasteiger partial charge on any atom is 0.193 e. The summed E-state index contributed by atoms with van der Waals surface area (Å²) in [4.78, 5) is 10.8. The first-order valence-electron chi connectivity index (χ1n) is 7.91. The molecule has 0 saturated heterocycles. The van der Waals surface area contributed by atoms with Crippen molar-refractivity contribution in [2.24, 2.45) is 10.7 Å². The van der Waals surface area contributed by atoms with Crippen molar-refractivity contribution in [3.05, 3.63) is 48.2 Å². The molecule has 0 aliphatic carbocycles. The molecule has 0 unspecified atom stereocenters. The average Bonchev–Trinajstić information content (AvgIpc) is 2.54. The maximum absolute atomic E-state index is 5.94. The monoisotopic (exact) mass is 327 g/mol. The van der Waals surface area contributed by atoms with Gasteiger partial charge in [0.25, 0.3) is 0 Å². The van der Waals surface area contributed by atoms with E-state index in [4.69, 9.17) is 10.5 Å². The van der Waals surface area contributed by atoms with Gasteiger partial charge in [-0.2, -0.15) is 0 Å².